The number of epoxide rings is 1. The van der Waals surface area contributed by atoms with Crippen molar-refractivity contribution in [3.8, 4) is 0 Å². The van der Waals surface area contributed by atoms with Crippen LogP contribution in [0.4, 0.5) is 0 Å². The highest BCUT2D eigenvalue weighted by molar-refractivity contribution is 7.47. The van der Waals surface area contributed by atoms with Gasteiger partial charge in [0, 0.05) is 19.4 Å². The SMILES string of the molecule is CCCCC/C=C\C/C=C\C/C=C\C/C=C\CCCCCC(=O)OC[C@H](COP(=O)(O)OCCN)OC(=O)CCCCCCC/C=C\CC1OC1CCCCC. The number of hydrogen-bond acceptors (Lipinski definition) is 9. The summed E-state index contributed by atoms with van der Waals surface area (Å²) in [5, 5.41) is 0. The zero-order valence-electron chi connectivity index (χ0n) is 35.0. The van der Waals surface area contributed by atoms with E-state index in [9.17, 15) is 19.0 Å². The fourth-order valence-corrected chi connectivity index (χ4v) is 6.68. The first-order valence-electron chi connectivity index (χ1n) is 21.9. The Balaban J connectivity index is 2.21. The van der Waals surface area contributed by atoms with Crippen LogP contribution in [0.15, 0.2) is 60.8 Å². The number of ether oxygens (including phenoxy) is 3. The summed E-state index contributed by atoms with van der Waals surface area (Å²) in [5.41, 5.74) is 5.34. The summed E-state index contributed by atoms with van der Waals surface area (Å²) >= 11 is 0. The van der Waals surface area contributed by atoms with E-state index >= 15 is 0 Å². The second kappa shape index (κ2) is 37.0. The van der Waals surface area contributed by atoms with Gasteiger partial charge >= 0.3 is 19.8 Å². The van der Waals surface area contributed by atoms with Crippen molar-refractivity contribution in [1.29, 1.82) is 0 Å². The largest absolute Gasteiger partial charge is 0.472 e. The average Bonchev–Trinajstić information content (AvgIpc) is 3.94. The second-order valence-corrected chi connectivity index (χ2v) is 16.0. The van der Waals surface area contributed by atoms with Crippen LogP contribution in [0.2, 0.25) is 0 Å². The molecule has 56 heavy (non-hydrogen) atoms. The van der Waals surface area contributed by atoms with Gasteiger partial charge in [-0.25, -0.2) is 4.57 Å². The van der Waals surface area contributed by atoms with Crippen molar-refractivity contribution < 1.29 is 42.3 Å². The number of carbonyl (C=O) groups is 2. The maximum Gasteiger partial charge on any atom is 0.472 e. The molecule has 0 aromatic rings. The minimum absolute atomic E-state index is 0.0414. The highest BCUT2D eigenvalue weighted by Crippen LogP contribution is 2.43. The summed E-state index contributed by atoms with van der Waals surface area (Å²) < 4.78 is 38.5. The van der Waals surface area contributed by atoms with Crippen LogP contribution in [-0.2, 0) is 37.4 Å². The van der Waals surface area contributed by atoms with Crippen LogP contribution in [0, 0.1) is 0 Å². The molecule has 322 valence electrons. The summed E-state index contributed by atoms with van der Waals surface area (Å²) in [5.74, 6) is -0.891. The van der Waals surface area contributed by atoms with Crippen molar-refractivity contribution in [2.24, 2.45) is 5.73 Å². The Kier molecular flexibility index (Phi) is 34.1. The van der Waals surface area contributed by atoms with Crippen LogP contribution in [0.25, 0.3) is 0 Å². The van der Waals surface area contributed by atoms with E-state index < -0.39 is 32.5 Å². The molecular weight excluding hydrogens is 729 g/mol. The van der Waals surface area contributed by atoms with Crippen LogP contribution in [0.5, 0.6) is 0 Å². The molecule has 0 spiro atoms. The molecule has 0 amide bonds. The van der Waals surface area contributed by atoms with Gasteiger partial charge in [0.05, 0.1) is 25.4 Å². The van der Waals surface area contributed by atoms with Crippen LogP contribution < -0.4 is 5.73 Å². The Morgan fingerprint density at radius 2 is 1.16 bits per heavy atom. The van der Waals surface area contributed by atoms with Gasteiger partial charge in [0.2, 0.25) is 0 Å². The molecule has 4 atom stereocenters. The summed E-state index contributed by atoms with van der Waals surface area (Å²) in [4.78, 5) is 34.9. The zero-order valence-corrected chi connectivity index (χ0v) is 35.9. The Morgan fingerprint density at radius 3 is 1.79 bits per heavy atom. The second-order valence-electron chi connectivity index (χ2n) is 14.6. The standard InChI is InChI=1S/C45H78NO9P/c1-3-5-7-8-9-10-11-12-13-14-15-16-17-18-19-20-24-27-31-35-44(47)51-39-41(40-53-56(49,50)52-38-37-46)54-45(48)36-32-28-25-22-21-23-26-30-34-43-42(55-43)33-29-6-4-2/h9-10,12-13,15-16,18-19,26,30,41-43H,3-8,11,14,17,20-25,27-29,31-40,46H2,1-2H3,(H,49,50)/b10-9-,13-12-,16-15-,19-18-,30-26-/t41-,42?,43?/m1/s1. The Labute approximate surface area is 340 Å². The van der Waals surface area contributed by atoms with Crippen LogP contribution in [-0.4, -0.2) is 61.5 Å². The lowest BCUT2D eigenvalue weighted by molar-refractivity contribution is -0.161. The molecule has 1 fully saturated rings. The van der Waals surface area contributed by atoms with E-state index in [-0.39, 0.29) is 32.6 Å². The van der Waals surface area contributed by atoms with Gasteiger partial charge in [0.25, 0.3) is 0 Å². The Hall–Kier alpha value is -2.33. The first-order chi connectivity index (χ1) is 27.3. The molecule has 1 aliphatic heterocycles. The Morgan fingerprint density at radius 1 is 0.643 bits per heavy atom. The van der Waals surface area contributed by atoms with E-state index in [4.69, 9.17) is 29.0 Å². The highest BCUT2D eigenvalue weighted by Gasteiger charge is 2.36. The summed E-state index contributed by atoms with van der Waals surface area (Å²) in [6, 6.07) is 0. The van der Waals surface area contributed by atoms with Gasteiger partial charge in [0.1, 0.15) is 6.61 Å². The number of nitrogens with two attached hydrogens (primary N) is 1. The summed E-state index contributed by atoms with van der Waals surface area (Å²) in [7, 11) is -4.40. The normalized spacial score (nSPS) is 17.5. The first-order valence-corrected chi connectivity index (χ1v) is 23.4. The summed E-state index contributed by atoms with van der Waals surface area (Å²) in [6.07, 6.45) is 45.6. The number of allylic oxidation sites excluding steroid dienone is 9. The van der Waals surface area contributed by atoms with E-state index in [1.54, 1.807) is 0 Å². The quantitative estimate of drug-likeness (QED) is 0.0202. The molecule has 0 aliphatic carbocycles. The van der Waals surface area contributed by atoms with Crippen LogP contribution >= 0.6 is 7.82 Å². The van der Waals surface area contributed by atoms with E-state index in [1.807, 2.05) is 0 Å². The molecule has 3 unspecified atom stereocenters. The van der Waals surface area contributed by atoms with E-state index in [0.29, 0.717) is 25.0 Å². The van der Waals surface area contributed by atoms with Gasteiger partial charge < -0.3 is 24.8 Å². The van der Waals surface area contributed by atoms with Crippen molar-refractivity contribution in [2.45, 2.75) is 186 Å². The summed E-state index contributed by atoms with van der Waals surface area (Å²) in [6.45, 7) is 3.60. The number of hydrogen-bond donors (Lipinski definition) is 2. The molecule has 1 rings (SSSR count). The number of rotatable bonds is 39. The first kappa shape index (κ1) is 51.7. The molecule has 0 aromatic carbocycles. The molecule has 0 bridgehead atoms. The third-order valence-electron chi connectivity index (χ3n) is 9.30. The minimum Gasteiger partial charge on any atom is -0.462 e. The van der Waals surface area contributed by atoms with E-state index in [0.717, 1.165) is 77.0 Å². The molecule has 1 aliphatic rings. The lowest BCUT2D eigenvalue weighted by atomic mass is 10.1. The number of carbonyl (C=O) groups excluding carboxylic acids is 2. The lowest BCUT2D eigenvalue weighted by Crippen LogP contribution is -2.29. The average molecular weight is 808 g/mol. The molecule has 0 saturated carbocycles. The van der Waals surface area contributed by atoms with Gasteiger partial charge in [-0.1, -0.05) is 132 Å². The van der Waals surface area contributed by atoms with Gasteiger partial charge in [-0.3, -0.25) is 18.6 Å². The number of unbranched alkanes of at least 4 members (excludes halogenated alkanes) is 13. The van der Waals surface area contributed by atoms with Crippen molar-refractivity contribution >= 4 is 19.8 Å². The maximum absolute atomic E-state index is 12.6. The maximum atomic E-state index is 12.6. The highest BCUT2D eigenvalue weighted by atomic mass is 31.2. The van der Waals surface area contributed by atoms with Crippen LogP contribution in [0.3, 0.4) is 0 Å². The molecule has 3 N–H and O–H groups in total. The third-order valence-corrected chi connectivity index (χ3v) is 10.3. The van der Waals surface area contributed by atoms with E-state index in [1.165, 1.54) is 51.4 Å². The predicted molar refractivity (Wildman–Crippen MR) is 228 cm³/mol. The predicted octanol–water partition coefficient (Wildman–Crippen LogP) is 11.5. The molecule has 10 nitrogen and oxygen atoms in total. The van der Waals surface area contributed by atoms with Crippen LogP contribution in [0.1, 0.15) is 168 Å². The minimum atomic E-state index is -4.40. The van der Waals surface area contributed by atoms with Gasteiger partial charge in [-0.15, -0.1) is 0 Å². The fourth-order valence-electron chi connectivity index (χ4n) is 5.92. The molecule has 1 heterocycles. The van der Waals surface area contributed by atoms with Crippen molar-refractivity contribution in [2.75, 3.05) is 26.4 Å². The molecule has 0 aromatic heterocycles. The number of phosphoric acid groups is 1. The molecule has 1 saturated heterocycles. The third kappa shape index (κ3) is 33.8. The zero-order chi connectivity index (χ0) is 40.8. The van der Waals surface area contributed by atoms with Gasteiger partial charge in [-0.05, 0) is 83.5 Å². The monoisotopic (exact) mass is 808 g/mol. The van der Waals surface area contributed by atoms with Crippen molar-refractivity contribution in [3.63, 3.8) is 0 Å². The number of phosphoric ester groups is 1. The topological polar surface area (TPSA) is 147 Å². The Bertz CT molecular complexity index is 1170. The fraction of sp³-hybridized carbons (Fsp3) is 0.733. The van der Waals surface area contributed by atoms with Gasteiger partial charge in [0.15, 0.2) is 6.10 Å². The van der Waals surface area contributed by atoms with Crippen molar-refractivity contribution in [3.05, 3.63) is 60.8 Å². The van der Waals surface area contributed by atoms with Gasteiger partial charge in [-0.2, -0.15) is 0 Å². The number of esters is 2. The van der Waals surface area contributed by atoms with Crippen molar-refractivity contribution in [1.82, 2.24) is 0 Å². The molecular formula is C45H78NO9P. The molecule has 11 heteroatoms. The molecule has 0 radical (unpaired) electrons. The lowest BCUT2D eigenvalue weighted by Gasteiger charge is -2.19. The van der Waals surface area contributed by atoms with E-state index in [2.05, 4.69) is 74.6 Å². The smallest absolute Gasteiger partial charge is 0.462 e.